The molecule has 4 aromatic rings. The van der Waals surface area contributed by atoms with Crippen molar-refractivity contribution >= 4 is 16.6 Å². The molecule has 2 atom stereocenters. The zero-order valence-electron chi connectivity index (χ0n) is 18.8. The summed E-state index contributed by atoms with van der Waals surface area (Å²) in [6.07, 6.45) is 3.52. The SMILES string of the molecule is Cc1cccc(NC2CCN3CCc4c(n(Cc5ccccc5)c5ccccc45)C3C2)c1. The van der Waals surface area contributed by atoms with Gasteiger partial charge in [-0.25, -0.2) is 0 Å². The molecule has 3 nitrogen and oxygen atoms in total. The molecule has 0 saturated carbocycles. The highest BCUT2D eigenvalue weighted by atomic mass is 15.2. The van der Waals surface area contributed by atoms with Crippen molar-refractivity contribution in [3.05, 3.63) is 101 Å². The van der Waals surface area contributed by atoms with Crippen molar-refractivity contribution in [2.24, 2.45) is 0 Å². The third-order valence-corrected chi connectivity index (χ3v) is 7.37. The summed E-state index contributed by atoms with van der Waals surface area (Å²) < 4.78 is 2.62. The average Bonchev–Trinajstić information content (AvgIpc) is 3.14. The van der Waals surface area contributed by atoms with Gasteiger partial charge in [0, 0.05) is 48.0 Å². The highest BCUT2D eigenvalue weighted by Gasteiger charge is 2.37. The van der Waals surface area contributed by atoms with E-state index < -0.39 is 0 Å². The summed E-state index contributed by atoms with van der Waals surface area (Å²) in [5.41, 5.74) is 8.46. The molecule has 32 heavy (non-hydrogen) atoms. The number of aryl methyl sites for hydroxylation is 1. The molecule has 0 bridgehead atoms. The summed E-state index contributed by atoms with van der Waals surface area (Å²) in [5, 5.41) is 5.30. The van der Waals surface area contributed by atoms with E-state index in [9.17, 15) is 0 Å². The summed E-state index contributed by atoms with van der Waals surface area (Å²) in [4.78, 5) is 2.73. The second kappa shape index (κ2) is 8.14. The highest BCUT2D eigenvalue weighted by Crippen LogP contribution is 2.42. The molecule has 1 aromatic heterocycles. The fraction of sp³-hybridized carbons (Fsp3) is 0.310. The van der Waals surface area contributed by atoms with Crippen LogP contribution in [0.2, 0.25) is 0 Å². The average molecular weight is 422 g/mol. The predicted molar refractivity (Wildman–Crippen MR) is 133 cm³/mol. The zero-order chi connectivity index (χ0) is 21.5. The largest absolute Gasteiger partial charge is 0.382 e. The van der Waals surface area contributed by atoms with Crippen LogP contribution in [-0.2, 0) is 13.0 Å². The Labute approximate surface area is 190 Å². The molecular formula is C29H31N3. The van der Waals surface area contributed by atoms with E-state index in [0.29, 0.717) is 12.1 Å². The number of aromatic nitrogens is 1. The first kappa shape index (κ1) is 19.6. The second-order valence-electron chi connectivity index (χ2n) is 9.49. The van der Waals surface area contributed by atoms with Crippen LogP contribution in [0.1, 0.15) is 41.3 Å². The van der Waals surface area contributed by atoms with Crippen molar-refractivity contribution in [2.75, 3.05) is 18.4 Å². The van der Waals surface area contributed by atoms with Crippen molar-refractivity contribution in [2.45, 2.75) is 44.8 Å². The van der Waals surface area contributed by atoms with Crippen molar-refractivity contribution < 1.29 is 0 Å². The highest BCUT2D eigenvalue weighted by molar-refractivity contribution is 5.86. The van der Waals surface area contributed by atoms with Gasteiger partial charge in [-0.3, -0.25) is 4.90 Å². The lowest BCUT2D eigenvalue weighted by Crippen LogP contribution is -2.45. The minimum atomic E-state index is 0.478. The van der Waals surface area contributed by atoms with Crippen molar-refractivity contribution in [3.8, 4) is 0 Å². The smallest absolute Gasteiger partial charge is 0.0523 e. The molecule has 0 radical (unpaired) electrons. The fourth-order valence-corrected chi connectivity index (χ4v) is 5.90. The summed E-state index contributed by atoms with van der Waals surface area (Å²) in [6, 6.07) is 29.7. The van der Waals surface area contributed by atoms with E-state index in [0.717, 1.165) is 19.4 Å². The normalized spacial score (nSPS) is 20.7. The van der Waals surface area contributed by atoms with Gasteiger partial charge < -0.3 is 9.88 Å². The van der Waals surface area contributed by atoms with E-state index in [1.807, 2.05) is 0 Å². The van der Waals surface area contributed by atoms with Gasteiger partial charge in [0.25, 0.3) is 0 Å². The summed E-state index contributed by atoms with van der Waals surface area (Å²) in [7, 11) is 0. The van der Waals surface area contributed by atoms with Gasteiger partial charge in [0.05, 0.1) is 6.04 Å². The van der Waals surface area contributed by atoms with Crippen molar-refractivity contribution in [3.63, 3.8) is 0 Å². The molecule has 6 rings (SSSR count). The maximum Gasteiger partial charge on any atom is 0.0523 e. The van der Waals surface area contributed by atoms with Crippen LogP contribution in [0.25, 0.3) is 10.9 Å². The Morgan fingerprint density at radius 3 is 2.62 bits per heavy atom. The lowest BCUT2D eigenvalue weighted by Gasteiger charge is -2.43. The number of nitrogens with zero attached hydrogens (tertiary/aromatic N) is 2. The molecule has 2 aliphatic heterocycles. The number of fused-ring (bicyclic) bond motifs is 5. The maximum atomic E-state index is 3.85. The van der Waals surface area contributed by atoms with E-state index in [-0.39, 0.29) is 0 Å². The quantitative estimate of drug-likeness (QED) is 0.425. The van der Waals surface area contributed by atoms with Gasteiger partial charge in [0.15, 0.2) is 0 Å². The molecule has 0 amide bonds. The number of hydrogen-bond acceptors (Lipinski definition) is 2. The predicted octanol–water partition coefficient (Wildman–Crippen LogP) is 6.17. The number of para-hydroxylation sites is 1. The monoisotopic (exact) mass is 421 g/mol. The van der Waals surface area contributed by atoms with Crippen LogP contribution in [0, 0.1) is 6.92 Å². The molecule has 3 aromatic carbocycles. The van der Waals surface area contributed by atoms with Crippen LogP contribution < -0.4 is 5.32 Å². The Balaban J connectivity index is 1.38. The van der Waals surface area contributed by atoms with E-state index in [1.165, 1.54) is 47.2 Å². The molecule has 162 valence electrons. The molecule has 2 unspecified atom stereocenters. The Bertz CT molecular complexity index is 1240. The minimum Gasteiger partial charge on any atom is -0.382 e. The van der Waals surface area contributed by atoms with Crippen LogP contribution in [0.5, 0.6) is 0 Å². The van der Waals surface area contributed by atoms with Gasteiger partial charge in [0.1, 0.15) is 0 Å². The molecular weight excluding hydrogens is 390 g/mol. The van der Waals surface area contributed by atoms with Gasteiger partial charge in [-0.1, -0.05) is 60.7 Å². The van der Waals surface area contributed by atoms with E-state index in [2.05, 4.69) is 101 Å². The molecule has 3 heterocycles. The Morgan fingerprint density at radius 2 is 1.75 bits per heavy atom. The Hall–Kier alpha value is -3.04. The number of piperidine rings is 1. The van der Waals surface area contributed by atoms with Gasteiger partial charge in [0.2, 0.25) is 0 Å². The van der Waals surface area contributed by atoms with Crippen LogP contribution in [0.4, 0.5) is 5.69 Å². The third kappa shape index (κ3) is 3.51. The van der Waals surface area contributed by atoms with Crippen molar-refractivity contribution in [1.29, 1.82) is 0 Å². The topological polar surface area (TPSA) is 20.2 Å². The van der Waals surface area contributed by atoms with Crippen LogP contribution >= 0.6 is 0 Å². The molecule has 0 aliphatic carbocycles. The number of rotatable bonds is 4. The molecule has 1 fully saturated rings. The van der Waals surface area contributed by atoms with E-state index in [4.69, 9.17) is 0 Å². The number of anilines is 1. The molecule has 0 spiro atoms. The Morgan fingerprint density at radius 1 is 0.906 bits per heavy atom. The van der Waals surface area contributed by atoms with Crippen LogP contribution in [0.3, 0.4) is 0 Å². The summed E-state index contributed by atoms with van der Waals surface area (Å²) in [6.45, 7) is 5.45. The van der Waals surface area contributed by atoms with Crippen molar-refractivity contribution in [1.82, 2.24) is 9.47 Å². The first-order valence-electron chi connectivity index (χ1n) is 12.0. The molecule has 1 N–H and O–H groups in total. The Kier molecular flexibility index (Phi) is 4.99. The molecule has 1 saturated heterocycles. The lowest BCUT2D eigenvalue weighted by atomic mass is 9.88. The number of hydrogen-bond donors (Lipinski definition) is 1. The van der Waals surface area contributed by atoms with Crippen LogP contribution in [0.15, 0.2) is 78.9 Å². The van der Waals surface area contributed by atoms with Gasteiger partial charge >= 0.3 is 0 Å². The minimum absolute atomic E-state index is 0.478. The van der Waals surface area contributed by atoms with Gasteiger partial charge in [-0.15, -0.1) is 0 Å². The zero-order valence-corrected chi connectivity index (χ0v) is 18.8. The third-order valence-electron chi connectivity index (χ3n) is 7.37. The standard InChI is InChI=1S/C29H31N3/c1-21-8-7-11-23(18-21)30-24-14-16-31-17-15-26-25-12-5-6-13-27(25)32(29(26)28(31)19-24)20-22-9-3-2-4-10-22/h2-13,18,24,28,30H,14-17,19-20H2,1H3. The summed E-state index contributed by atoms with van der Waals surface area (Å²) in [5.74, 6) is 0. The first-order chi connectivity index (χ1) is 15.8. The van der Waals surface area contributed by atoms with Gasteiger partial charge in [-0.05, 0) is 61.1 Å². The first-order valence-corrected chi connectivity index (χ1v) is 12.0. The maximum absolute atomic E-state index is 3.85. The lowest BCUT2D eigenvalue weighted by molar-refractivity contribution is 0.125. The fourth-order valence-electron chi connectivity index (χ4n) is 5.90. The number of nitrogens with one attached hydrogen (secondary N) is 1. The van der Waals surface area contributed by atoms with E-state index >= 15 is 0 Å². The van der Waals surface area contributed by atoms with E-state index in [1.54, 1.807) is 11.3 Å². The second-order valence-corrected chi connectivity index (χ2v) is 9.49. The summed E-state index contributed by atoms with van der Waals surface area (Å²) >= 11 is 0. The van der Waals surface area contributed by atoms with Gasteiger partial charge in [-0.2, -0.15) is 0 Å². The van der Waals surface area contributed by atoms with Crippen LogP contribution in [-0.4, -0.2) is 28.6 Å². The molecule has 3 heteroatoms. The molecule has 2 aliphatic rings. The number of benzene rings is 3.